The van der Waals surface area contributed by atoms with E-state index in [0.717, 1.165) is 17.7 Å². The summed E-state index contributed by atoms with van der Waals surface area (Å²) in [5.41, 5.74) is 1.91. The molecule has 0 spiro atoms. The molecule has 1 unspecified atom stereocenters. The van der Waals surface area contributed by atoms with Gasteiger partial charge in [0.05, 0.1) is 11.4 Å². The number of aryl methyl sites for hydroxylation is 1. The van der Waals surface area contributed by atoms with Crippen LogP contribution in [0.1, 0.15) is 19.4 Å². The van der Waals surface area contributed by atoms with Gasteiger partial charge < -0.3 is 5.32 Å². The first-order chi connectivity index (χ1) is 8.54. The van der Waals surface area contributed by atoms with Crippen LogP contribution in [0.2, 0.25) is 0 Å². The summed E-state index contributed by atoms with van der Waals surface area (Å²) in [6, 6.07) is 7.91. The zero-order valence-electron chi connectivity index (χ0n) is 10.9. The summed E-state index contributed by atoms with van der Waals surface area (Å²) in [6.45, 7) is 5.08. The maximum atomic E-state index is 12.3. The van der Waals surface area contributed by atoms with Crippen LogP contribution in [0.4, 0.5) is 5.69 Å². The minimum absolute atomic E-state index is 0.162. The Labute approximate surface area is 109 Å². The summed E-state index contributed by atoms with van der Waals surface area (Å²) in [6.07, 6.45) is 0.837. The molecule has 100 valence electrons. The Hall–Kier alpha value is -1.07. The third-order valence-electron chi connectivity index (χ3n) is 3.27. The van der Waals surface area contributed by atoms with Gasteiger partial charge in [0.2, 0.25) is 10.0 Å². The zero-order chi connectivity index (χ0) is 13.2. The lowest BCUT2D eigenvalue weighted by Gasteiger charge is -2.26. The predicted octanol–water partition coefficient (Wildman–Crippen LogP) is 1.38. The van der Waals surface area contributed by atoms with Crippen LogP contribution < -0.4 is 9.62 Å². The minimum atomic E-state index is -3.21. The van der Waals surface area contributed by atoms with E-state index in [1.165, 1.54) is 0 Å². The quantitative estimate of drug-likeness (QED) is 0.881. The molecule has 4 nitrogen and oxygen atoms in total. The molecule has 1 N–H and O–H groups in total. The highest BCUT2D eigenvalue weighted by Crippen LogP contribution is 2.25. The maximum absolute atomic E-state index is 12.3. The van der Waals surface area contributed by atoms with Gasteiger partial charge in [-0.25, -0.2) is 8.42 Å². The van der Waals surface area contributed by atoms with Crippen molar-refractivity contribution < 1.29 is 8.42 Å². The van der Waals surface area contributed by atoms with Crippen molar-refractivity contribution >= 4 is 15.7 Å². The van der Waals surface area contributed by atoms with E-state index in [1.807, 2.05) is 38.1 Å². The number of sulfonamides is 1. The van der Waals surface area contributed by atoms with Crippen molar-refractivity contribution in [1.29, 1.82) is 0 Å². The molecule has 0 bridgehead atoms. The van der Waals surface area contributed by atoms with Crippen molar-refractivity contribution in [2.24, 2.45) is 0 Å². The Morgan fingerprint density at radius 2 is 2.11 bits per heavy atom. The second-order valence-corrected chi connectivity index (χ2v) is 6.70. The number of nitrogens with one attached hydrogen (secondary N) is 1. The lowest BCUT2D eigenvalue weighted by molar-refractivity contribution is 0.586. The molecule has 1 atom stereocenters. The Balaban J connectivity index is 2.45. The highest BCUT2D eigenvalue weighted by molar-refractivity contribution is 7.92. The van der Waals surface area contributed by atoms with E-state index >= 15 is 0 Å². The van der Waals surface area contributed by atoms with Gasteiger partial charge >= 0.3 is 0 Å². The zero-order valence-corrected chi connectivity index (χ0v) is 11.7. The van der Waals surface area contributed by atoms with Crippen molar-refractivity contribution in [1.82, 2.24) is 5.32 Å². The first-order valence-electron chi connectivity index (χ1n) is 6.36. The van der Waals surface area contributed by atoms with Gasteiger partial charge in [0.25, 0.3) is 0 Å². The summed E-state index contributed by atoms with van der Waals surface area (Å²) in [5, 5.41) is 3.22. The lowest BCUT2D eigenvalue weighted by Crippen LogP contribution is -2.38. The Morgan fingerprint density at radius 1 is 1.39 bits per heavy atom. The largest absolute Gasteiger partial charge is 0.311 e. The molecule has 1 aliphatic heterocycles. The number of anilines is 1. The molecule has 1 aromatic carbocycles. The van der Waals surface area contributed by atoms with Gasteiger partial charge in [-0.05, 0) is 25.0 Å². The number of nitrogens with zero attached hydrogens (tertiary/aromatic N) is 1. The Bertz CT molecular complexity index is 513. The van der Waals surface area contributed by atoms with Crippen LogP contribution in [0.25, 0.3) is 0 Å². The molecule has 2 rings (SSSR count). The van der Waals surface area contributed by atoms with Gasteiger partial charge in [0.1, 0.15) is 0 Å². The van der Waals surface area contributed by atoms with Gasteiger partial charge in [-0.2, -0.15) is 0 Å². The average Bonchev–Trinajstić information content (AvgIpc) is 2.48. The summed E-state index contributed by atoms with van der Waals surface area (Å²) in [7, 11) is -3.21. The molecule has 1 saturated heterocycles. The van der Waals surface area contributed by atoms with Crippen LogP contribution >= 0.6 is 0 Å². The smallest absolute Gasteiger partial charge is 0.236 e. The fraction of sp³-hybridized carbons (Fsp3) is 0.538. The fourth-order valence-corrected chi connectivity index (χ4v) is 3.80. The van der Waals surface area contributed by atoms with Crippen molar-refractivity contribution in [3.63, 3.8) is 0 Å². The van der Waals surface area contributed by atoms with E-state index in [4.69, 9.17) is 0 Å². The second-order valence-electron chi connectivity index (χ2n) is 4.68. The van der Waals surface area contributed by atoms with E-state index < -0.39 is 10.0 Å². The molecule has 0 aromatic heterocycles. The number of para-hydroxylation sites is 1. The highest BCUT2D eigenvalue weighted by atomic mass is 32.2. The van der Waals surface area contributed by atoms with Gasteiger partial charge in [0, 0.05) is 19.1 Å². The Morgan fingerprint density at radius 3 is 2.83 bits per heavy atom. The van der Waals surface area contributed by atoms with Crippen LogP contribution in [-0.4, -0.2) is 33.3 Å². The van der Waals surface area contributed by atoms with E-state index in [-0.39, 0.29) is 11.8 Å². The number of benzene rings is 1. The average molecular weight is 268 g/mol. The number of hydrogen-bond acceptors (Lipinski definition) is 3. The molecule has 1 fully saturated rings. The molecule has 0 saturated carbocycles. The van der Waals surface area contributed by atoms with Crippen molar-refractivity contribution in [3.05, 3.63) is 29.8 Å². The summed E-state index contributed by atoms with van der Waals surface area (Å²) >= 11 is 0. The summed E-state index contributed by atoms with van der Waals surface area (Å²) < 4.78 is 26.2. The number of rotatable bonds is 2. The molecule has 0 radical (unpaired) electrons. The van der Waals surface area contributed by atoms with E-state index in [1.54, 1.807) is 4.31 Å². The first-order valence-corrected chi connectivity index (χ1v) is 7.97. The van der Waals surface area contributed by atoms with Crippen LogP contribution in [0.5, 0.6) is 0 Å². The third kappa shape index (κ3) is 2.67. The topological polar surface area (TPSA) is 49.4 Å². The normalized spacial score (nSPS) is 23.7. The maximum Gasteiger partial charge on any atom is 0.236 e. The molecule has 18 heavy (non-hydrogen) atoms. The monoisotopic (exact) mass is 268 g/mol. The van der Waals surface area contributed by atoms with Crippen molar-refractivity contribution in [2.45, 2.75) is 26.3 Å². The SMILES string of the molecule is CCc1ccccc1N1CC(C)NCCS1(=O)=O. The summed E-state index contributed by atoms with van der Waals surface area (Å²) in [5.74, 6) is 0.162. The van der Waals surface area contributed by atoms with Crippen LogP contribution in [0.3, 0.4) is 0 Å². The fourth-order valence-electron chi connectivity index (χ4n) is 2.27. The minimum Gasteiger partial charge on any atom is -0.311 e. The molecule has 0 aliphatic carbocycles. The summed E-state index contributed by atoms with van der Waals surface area (Å²) in [4.78, 5) is 0. The Kier molecular flexibility index (Phi) is 3.92. The molecule has 1 heterocycles. The molecule has 1 aromatic rings. The van der Waals surface area contributed by atoms with Gasteiger partial charge in [0.15, 0.2) is 0 Å². The first kappa shape index (κ1) is 13.4. The lowest BCUT2D eigenvalue weighted by atomic mass is 10.1. The highest BCUT2D eigenvalue weighted by Gasteiger charge is 2.28. The molecular weight excluding hydrogens is 248 g/mol. The predicted molar refractivity (Wildman–Crippen MR) is 74.4 cm³/mol. The van der Waals surface area contributed by atoms with Gasteiger partial charge in [-0.15, -0.1) is 0 Å². The molecule has 5 heteroatoms. The van der Waals surface area contributed by atoms with Crippen LogP contribution in [-0.2, 0) is 16.4 Å². The molecular formula is C13H20N2O2S. The number of hydrogen-bond donors (Lipinski definition) is 1. The van der Waals surface area contributed by atoms with E-state index in [2.05, 4.69) is 5.32 Å². The second kappa shape index (κ2) is 5.28. The van der Waals surface area contributed by atoms with Crippen molar-refractivity contribution in [3.8, 4) is 0 Å². The van der Waals surface area contributed by atoms with Crippen molar-refractivity contribution in [2.75, 3.05) is 23.1 Å². The van der Waals surface area contributed by atoms with Gasteiger partial charge in [-0.1, -0.05) is 25.1 Å². The van der Waals surface area contributed by atoms with Crippen LogP contribution in [0.15, 0.2) is 24.3 Å². The third-order valence-corrected chi connectivity index (χ3v) is 5.01. The van der Waals surface area contributed by atoms with Crippen LogP contribution in [0, 0.1) is 0 Å². The van der Waals surface area contributed by atoms with E-state index in [9.17, 15) is 8.42 Å². The molecule has 1 aliphatic rings. The van der Waals surface area contributed by atoms with E-state index in [0.29, 0.717) is 13.1 Å². The van der Waals surface area contributed by atoms with Gasteiger partial charge in [-0.3, -0.25) is 4.31 Å². The standard InChI is InChI=1S/C13H20N2O2S/c1-3-12-6-4-5-7-13(12)15-10-11(2)14-8-9-18(15,16)17/h4-7,11,14H,3,8-10H2,1-2H3. The molecule has 0 amide bonds.